The number of carboxylic acid groups (broad SMARTS) is 1. The van der Waals surface area contributed by atoms with Crippen molar-refractivity contribution in [2.75, 3.05) is 0 Å². The van der Waals surface area contributed by atoms with Crippen LogP contribution in [-0.4, -0.2) is 23.2 Å². The van der Waals surface area contributed by atoms with Crippen LogP contribution in [0.1, 0.15) is 10.4 Å². The first-order valence-electron chi connectivity index (χ1n) is 4.90. The van der Waals surface area contributed by atoms with Crippen molar-refractivity contribution in [2.24, 2.45) is 5.10 Å². The molecule has 0 aliphatic rings. The zero-order valence-corrected chi connectivity index (χ0v) is 12.6. The van der Waals surface area contributed by atoms with Crippen LogP contribution in [0.4, 0.5) is 0 Å². The summed E-state index contributed by atoms with van der Waals surface area (Å²) in [6.07, 6.45) is 0.896. The van der Waals surface area contributed by atoms with Crippen LogP contribution in [0.2, 0.25) is 10.0 Å². The molecule has 1 rings (SSSR count). The molecular formula is C11H6Cl4N2O3. The molecule has 0 saturated carbocycles. The molecule has 0 atom stereocenters. The summed E-state index contributed by atoms with van der Waals surface area (Å²) in [5, 5.41) is 11.6. The normalized spacial score (nSPS) is 12.2. The minimum atomic E-state index is -1.40. The van der Waals surface area contributed by atoms with Crippen LogP contribution in [0.3, 0.4) is 0 Å². The van der Waals surface area contributed by atoms with Gasteiger partial charge in [0.25, 0.3) is 5.91 Å². The SMILES string of the molecule is O=C(O)/C(Cl)=C(Cl)/C=N\NC(=O)c1ccc(Cl)c(Cl)c1. The number of nitrogens with zero attached hydrogens (tertiary/aromatic N) is 1. The fourth-order valence-electron chi connectivity index (χ4n) is 1.01. The monoisotopic (exact) mass is 354 g/mol. The molecule has 0 heterocycles. The lowest BCUT2D eigenvalue weighted by Gasteiger charge is -2.01. The van der Waals surface area contributed by atoms with E-state index in [4.69, 9.17) is 51.5 Å². The Morgan fingerprint density at radius 1 is 1.20 bits per heavy atom. The van der Waals surface area contributed by atoms with Gasteiger partial charge in [-0.05, 0) is 18.2 Å². The van der Waals surface area contributed by atoms with Crippen molar-refractivity contribution in [2.45, 2.75) is 0 Å². The molecule has 1 amide bonds. The summed E-state index contributed by atoms with van der Waals surface area (Å²) >= 11 is 22.3. The summed E-state index contributed by atoms with van der Waals surface area (Å²) in [5.74, 6) is -1.98. The van der Waals surface area contributed by atoms with Crippen molar-refractivity contribution >= 4 is 64.5 Å². The molecule has 1 aromatic carbocycles. The zero-order chi connectivity index (χ0) is 15.3. The first kappa shape index (κ1) is 16.8. The van der Waals surface area contributed by atoms with Gasteiger partial charge in [0.15, 0.2) is 0 Å². The van der Waals surface area contributed by atoms with E-state index < -0.39 is 16.9 Å². The van der Waals surface area contributed by atoms with Crippen LogP contribution in [0.15, 0.2) is 33.4 Å². The molecule has 20 heavy (non-hydrogen) atoms. The van der Waals surface area contributed by atoms with Crippen LogP contribution in [0.5, 0.6) is 0 Å². The Morgan fingerprint density at radius 3 is 2.40 bits per heavy atom. The lowest BCUT2D eigenvalue weighted by Crippen LogP contribution is -2.17. The lowest BCUT2D eigenvalue weighted by molar-refractivity contribution is -0.131. The molecule has 0 aromatic heterocycles. The number of aliphatic carboxylic acids is 1. The van der Waals surface area contributed by atoms with Crippen LogP contribution >= 0.6 is 46.4 Å². The highest BCUT2D eigenvalue weighted by Crippen LogP contribution is 2.22. The van der Waals surface area contributed by atoms with Crippen molar-refractivity contribution in [3.63, 3.8) is 0 Å². The summed E-state index contributed by atoms with van der Waals surface area (Å²) < 4.78 is 0. The fourth-order valence-corrected chi connectivity index (χ4v) is 1.48. The van der Waals surface area contributed by atoms with E-state index in [2.05, 4.69) is 10.5 Å². The van der Waals surface area contributed by atoms with E-state index >= 15 is 0 Å². The average Bonchev–Trinajstić information content (AvgIpc) is 2.40. The van der Waals surface area contributed by atoms with Gasteiger partial charge in [0.05, 0.1) is 21.3 Å². The third kappa shape index (κ3) is 4.68. The molecule has 1 aromatic rings. The summed E-state index contributed by atoms with van der Waals surface area (Å²) in [7, 11) is 0. The van der Waals surface area contributed by atoms with E-state index in [1.165, 1.54) is 18.2 Å². The first-order valence-corrected chi connectivity index (χ1v) is 6.41. The Kier molecular flexibility index (Phi) is 6.29. The number of hydrogen-bond acceptors (Lipinski definition) is 3. The number of halogens is 4. The van der Waals surface area contributed by atoms with E-state index in [0.29, 0.717) is 5.02 Å². The van der Waals surface area contributed by atoms with Crippen LogP contribution in [-0.2, 0) is 4.79 Å². The number of hydrazone groups is 1. The van der Waals surface area contributed by atoms with Gasteiger partial charge in [0, 0.05) is 5.56 Å². The van der Waals surface area contributed by atoms with E-state index in [-0.39, 0.29) is 15.6 Å². The van der Waals surface area contributed by atoms with Crippen molar-refractivity contribution in [3.8, 4) is 0 Å². The van der Waals surface area contributed by atoms with E-state index in [0.717, 1.165) is 6.21 Å². The molecule has 9 heteroatoms. The predicted molar refractivity (Wildman–Crippen MR) is 78.8 cm³/mol. The molecule has 106 valence electrons. The van der Waals surface area contributed by atoms with Crippen molar-refractivity contribution in [1.29, 1.82) is 0 Å². The third-order valence-electron chi connectivity index (χ3n) is 1.92. The van der Waals surface area contributed by atoms with Gasteiger partial charge < -0.3 is 5.11 Å². The highest BCUT2D eigenvalue weighted by Gasteiger charge is 2.09. The maximum Gasteiger partial charge on any atom is 0.348 e. The first-order chi connectivity index (χ1) is 9.32. The summed E-state index contributed by atoms with van der Waals surface area (Å²) in [6, 6.07) is 4.26. The molecule has 0 saturated heterocycles. The van der Waals surface area contributed by atoms with Gasteiger partial charge in [0.1, 0.15) is 5.03 Å². The molecular weight excluding hydrogens is 350 g/mol. The van der Waals surface area contributed by atoms with E-state index in [1.54, 1.807) is 0 Å². The zero-order valence-electron chi connectivity index (χ0n) is 9.53. The molecule has 0 fully saturated rings. The molecule has 0 bridgehead atoms. The van der Waals surface area contributed by atoms with Crippen molar-refractivity contribution in [3.05, 3.63) is 43.9 Å². The lowest BCUT2D eigenvalue weighted by atomic mass is 10.2. The number of hydrogen-bond donors (Lipinski definition) is 2. The van der Waals surface area contributed by atoms with Crippen molar-refractivity contribution in [1.82, 2.24) is 5.43 Å². The number of rotatable bonds is 4. The fraction of sp³-hybridized carbons (Fsp3) is 0. The minimum absolute atomic E-state index is 0.218. The number of carbonyl (C=O) groups is 2. The predicted octanol–water partition coefficient (Wildman–Crippen LogP) is 3.48. The van der Waals surface area contributed by atoms with E-state index in [9.17, 15) is 9.59 Å². The van der Waals surface area contributed by atoms with Gasteiger partial charge in [-0.2, -0.15) is 5.10 Å². The number of allylic oxidation sites excluding steroid dienone is 1. The Labute approximate surface area is 133 Å². The van der Waals surface area contributed by atoms with Crippen LogP contribution in [0.25, 0.3) is 0 Å². The molecule has 5 nitrogen and oxygen atoms in total. The molecule has 0 aliphatic heterocycles. The molecule has 0 unspecified atom stereocenters. The second kappa shape index (κ2) is 7.50. The Hall–Kier alpha value is -1.27. The topological polar surface area (TPSA) is 78.8 Å². The third-order valence-corrected chi connectivity index (χ3v) is 3.41. The number of nitrogens with one attached hydrogen (secondary N) is 1. The summed E-state index contributed by atoms with van der Waals surface area (Å²) in [4.78, 5) is 22.1. The summed E-state index contributed by atoms with van der Waals surface area (Å²) in [6.45, 7) is 0. The second-order valence-electron chi connectivity index (χ2n) is 3.30. The Bertz CT molecular complexity index is 614. The maximum absolute atomic E-state index is 11.7. The average molecular weight is 356 g/mol. The molecule has 2 N–H and O–H groups in total. The highest BCUT2D eigenvalue weighted by molar-refractivity contribution is 6.51. The molecule has 0 spiro atoms. The minimum Gasteiger partial charge on any atom is -0.477 e. The van der Waals surface area contributed by atoms with Crippen LogP contribution in [0, 0.1) is 0 Å². The number of amides is 1. The standard InChI is InChI=1S/C11H6Cl4N2O3/c12-6-2-1-5(3-7(6)13)10(18)17-16-4-8(14)9(15)11(19)20/h1-4H,(H,17,18)(H,19,20)/b9-8+,16-4-. The van der Waals surface area contributed by atoms with Gasteiger partial charge in [-0.25, -0.2) is 10.2 Å². The highest BCUT2D eigenvalue weighted by atomic mass is 35.5. The smallest absolute Gasteiger partial charge is 0.348 e. The number of carboxylic acids is 1. The van der Waals surface area contributed by atoms with Crippen molar-refractivity contribution < 1.29 is 14.7 Å². The Balaban J connectivity index is 2.75. The largest absolute Gasteiger partial charge is 0.477 e. The summed E-state index contributed by atoms with van der Waals surface area (Å²) in [5.41, 5.74) is 2.35. The maximum atomic E-state index is 11.7. The number of carbonyl (C=O) groups excluding carboxylic acids is 1. The number of benzene rings is 1. The van der Waals surface area contributed by atoms with Gasteiger partial charge in [-0.3, -0.25) is 4.79 Å². The van der Waals surface area contributed by atoms with Gasteiger partial charge in [0.2, 0.25) is 0 Å². The van der Waals surface area contributed by atoms with Gasteiger partial charge in [-0.1, -0.05) is 46.4 Å². The van der Waals surface area contributed by atoms with Gasteiger partial charge >= 0.3 is 5.97 Å². The van der Waals surface area contributed by atoms with E-state index in [1.807, 2.05) is 0 Å². The Morgan fingerprint density at radius 2 is 1.85 bits per heavy atom. The van der Waals surface area contributed by atoms with Gasteiger partial charge in [-0.15, -0.1) is 0 Å². The second-order valence-corrected chi connectivity index (χ2v) is 4.89. The molecule has 0 radical (unpaired) electrons. The molecule has 0 aliphatic carbocycles. The van der Waals surface area contributed by atoms with Crippen LogP contribution < -0.4 is 5.43 Å². The quantitative estimate of drug-likeness (QED) is 0.493.